The minimum absolute atomic E-state index is 0.00643. The number of anilines is 1. The zero-order valence-corrected chi connectivity index (χ0v) is 14.8. The van der Waals surface area contributed by atoms with Gasteiger partial charge in [-0.1, -0.05) is 28.1 Å². The lowest BCUT2D eigenvalue weighted by Crippen LogP contribution is -2.35. The Bertz CT molecular complexity index is 872. The molecule has 124 valence electrons. The van der Waals surface area contributed by atoms with Gasteiger partial charge in [-0.05, 0) is 42.0 Å². The van der Waals surface area contributed by atoms with Gasteiger partial charge in [0, 0.05) is 4.47 Å². The highest BCUT2D eigenvalue weighted by Gasteiger charge is 2.27. The second-order valence-electron chi connectivity index (χ2n) is 4.86. The molecule has 0 amide bonds. The number of nitrogens with zero attached hydrogens (tertiary/aromatic N) is 2. The average Bonchev–Trinajstić information content (AvgIpc) is 2.54. The molecule has 0 atom stereocenters. The van der Waals surface area contributed by atoms with E-state index >= 15 is 0 Å². The SMILES string of the molecule is N#CCc1ccc(N(CC(=O)O)S(=O)(=O)c2ccc(Br)cc2)cc1. The number of halogens is 1. The summed E-state index contributed by atoms with van der Waals surface area (Å²) in [6.45, 7) is -0.698. The van der Waals surface area contributed by atoms with Crippen molar-refractivity contribution in [1.29, 1.82) is 5.26 Å². The fourth-order valence-corrected chi connectivity index (χ4v) is 3.72. The van der Waals surface area contributed by atoms with Gasteiger partial charge < -0.3 is 5.11 Å². The minimum atomic E-state index is -4.02. The van der Waals surface area contributed by atoms with E-state index in [-0.39, 0.29) is 17.0 Å². The zero-order valence-electron chi connectivity index (χ0n) is 12.4. The molecule has 2 rings (SSSR count). The number of rotatable bonds is 6. The summed E-state index contributed by atoms with van der Waals surface area (Å²) in [6, 6.07) is 14.1. The highest BCUT2D eigenvalue weighted by molar-refractivity contribution is 9.10. The molecule has 0 saturated heterocycles. The van der Waals surface area contributed by atoms with Gasteiger partial charge >= 0.3 is 5.97 Å². The van der Waals surface area contributed by atoms with Crippen LogP contribution in [0.2, 0.25) is 0 Å². The van der Waals surface area contributed by atoms with Crippen molar-refractivity contribution in [3.8, 4) is 6.07 Å². The molecule has 0 radical (unpaired) electrons. The Hall–Kier alpha value is -2.37. The Kier molecular flexibility index (Phi) is 5.59. The van der Waals surface area contributed by atoms with Gasteiger partial charge in [0.05, 0.1) is 23.1 Å². The van der Waals surface area contributed by atoms with Crippen molar-refractivity contribution in [3.05, 3.63) is 58.6 Å². The van der Waals surface area contributed by atoms with Crippen LogP contribution in [-0.2, 0) is 21.2 Å². The van der Waals surface area contributed by atoms with Crippen LogP contribution >= 0.6 is 15.9 Å². The van der Waals surface area contributed by atoms with Crippen LogP contribution in [0.3, 0.4) is 0 Å². The molecule has 0 spiro atoms. The fourth-order valence-electron chi connectivity index (χ4n) is 2.04. The highest BCUT2D eigenvalue weighted by Crippen LogP contribution is 2.25. The van der Waals surface area contributed by atoms with Crippen LogP contribution in [0.15, 0.2) is 57.9 Å². The lowest BCUT2D eigenvalue weighted by Gasteiger charge is -2.23. The molecule has 0 saturated carbocycles. The Morgan fingerprint density at radius 3 is 2.21 bits per heavy atom. The van der Waals surface area contributed by atoms with Gasteiger partial charge in [-0.2, -0.15) is 5.26 Å². The molecule has 0 aliphatic rings. The molecule has 0 bridgehead atoms. The number of carbonyl (C=O) groups is 1. The third-order valence-corrected chi connectivity index (χ3v) is 5.50. The molecule has 8 heteroatoms. The molecule has 2 aromatic rings. The molecule has 2 aromatic carbocycles. The number of sulfonamides is 1. The van der Waals surface area contributed by atoms with Crippen molar-refractivity contribution in [2.24, 2.45) is 0 Å². The van der Waals surface area contributed by atoms with Gasteiger partial charge in [0.15, 0.2) is 0 Å². The minimum Gasteiger partial charge on any atom is -0.480 e. The standard InChI is InChI=1S/C16H13BrN2O4S/c17-13-3-7-15(8-4-13)24(22,23)19(11-16(20)21)14-5-1-12(2-6-14)9-10-18/h1-8H,9,11H2,(H,20,21). The van der Waals surface area contributed by atoms with E-state index in [2.05, 4.69) is 15.9 Å². The predicted molar refractivity (Wildman–Crippen MR) is 92.1 cm³/mol. The van der Waals surface area contributed by atoms with E-state index in [4.69, 9.17) is 10.4 Å². The van der Waals surface area contributed by atoms with Crippen LogP contribution in [-0.4, -0.2) is 26.0 Å². The van der Waals surface area contributed by atoms with Crippen LogP contribution in [0, 0.1) is 11.3 Å². The smallest absolute Gasteiger partial charge is 0.324 e. The summed E-state index contributed by atoms with van der Waals surface area (Å²) in [4.78, 5) is 11.1. The van der Waals surface area contributed by atoms with Gasteiger partial charge in [-0.15, -0.1) is 0 Å². The van der Waals surface area contributed by atoms with E-state index in [1.165, 1.54) is 24.3 Å². The zero-order chi connectivity index (χ0) is 17.7. The summed E-state index contributed by atoms with van der Waals surface area (Å²) in [5.74, 6) is -1.27. The van der Waals surface area contributed by atoms with Gasteiger partial charge in [0.1, 0.15) is 6.54 Å². The van der Waals surface area contributed by atoms with Crippen molar-refractivity contribution in [2.75, 3.05) is 10.8 Å². The summed E-state index contributed by atoms with van der Waals surface area (Å²) in [5.41, 5.74) is 0.944. The number of nitriles is 1. The van der Waals surface area contributed by atoms with Crippen LogP contribution < -0.4 is 4.31 Å². The van der Waals surface area contributed by atoms with E-state index in [0.29, 0.717) is 4.47 Å². The molecule has 1 N–H and O–H groups in total. The number of hydrogen-bond donors (Lipinski definition) is 1. The Morgan fingerprint density at radius 2 is 1.71 bits per heavy atom. The first-order chi connectivity index (χ1) is 11.3. The van der Waals surface area contributed by atoms with E-state index < -0.39 is 22.5 Å². The van der Waals surface area contributed by atoms with E-state index in [1.807, 2.05) is 6.07 Å². The average molecular weight is 409 g/mol. The molecule has 0 unspecified atom stereocenters. The first-order valence-electron chi connectivity index (χ1n) is 6.80. The number of aliphatic carboxylic acids is 1. The third-order valence-electron chi connectivity index (χ3n) is 3.19. The maximum Gasteiger partial charge on any atom is 0.324 e. The quantitative estimate of drug-likeness (QED) is 0.791. The molecular weight excluding hydrogens is 396 g/mol. The second kappa shape index (κ2) is 7.47. The third kappa shape index (κ3) is 4.13. The number of carboxylic acid groups (broad SMARTS) is 1. The molecule has 0 aliphatic heterocycles. The molecule has 0 heterocycles. The van der Waals surface area contributed by atoms with Gasteiger partial charge in [-0.25, -0.2) is 8.42 Å². The normalized spacial score (nSPS) is 10.8. The Labute approximate surface area is 148 Å². The highest BCUT2D eigenvalue weighted by atomic mass is 79.9. The summed E-state index contributed by atoms with van der Waals surface area (Å²) >= 11 is 3.23. The number of carboxylic acids is 1. The fraction of sp³-hybridized carbons (Fsp3) is 0.125. The topological polar surface area (TPSA) is 98.5 Å². The summed E-state index contributed by atoms with van der Waals surface area (Å²) in [6.07, 6.45) is 0.193. The monoisotopic (exact) mass is 408 g/mol. The van der Waals surface area contributed by atoms with Crippen molar-refractivity contribution in [1.82, 2.24) is 0 Å². The van der Waals surface area contributed by atoms with Crippen LogP contribution in [0.5, 0.6) is 0 Å². The van der Waals surface area contributed by atoms with Gasteiger partial charge in [0.2, 0.25) is 0 Å². The van der Waals surface area contributed by atoms with Crippen molar-refractivity contribution in [3.63, 3.8) is 0 Å². The first kappa shape index (κ1) is 18.0. The molecule has 0 aromatic heterocycles. The van der Waals surface area contributed by atoms with Crippen molar-refractivity contribution in [2.45, 2.75) is 11.3 Å². The lowest BCUT2D eigenvalue weighted by molar-refractivity contribution is -0.135. The van der Waals surface area contributed by atoms with E-state index in [9.17, 15) is 13.2 Å². The number of hydrogen-bond acceptors (Lipinski definition) is 4. The van der Waals surface area contributed by atoms with Crippen LogP contribution in [0.4, 0.5) is 5.69 Å². The maximum atomic E-state index is 12.8. The summed E-state index contributed by atoms with van der Waals surface area (Å²) in [7, 11) is -4.02. The molecule has 24 heavy (non-hydrogen) atoms. The Morgan fingerprint density at radius 1 is 1.12 bits per heavy atom. The lowest BCUT2D eigenvalue weighted by atomic mass is 10.1. The van der Waals surface area contributed by atoms with Crippen molar-refractivity contribution >= 4 is 37.6 Å². The Balaban J connectivity index is 2.46. The molecule has 0 aliphatic carbocycles. The largest absolute Gasteiger partial charge is 0.480 e. The van der Waals surface area contributed by atoms with Crippen molar-refractivity contribution < 1.29 is 18.3 Å². The molecule has 0 fully saturated rings. The first-order valence-corrected chi connectivity index (χ1v) is 9.04. The van der Waals surface area contributed by atoms with Crippen LogP contribution in [0.1, 0.15) is 5.56 Å². The summed E-state index contributed by atoms with van der Waals surface area (Å²) < 4.78 is 27.1. The van der Waals surface area contributed by atoms with E-state index in [0.717, 1.165) is 9.87 Å². The maximum absolute atomic E-state index is 12.8. The summed E-state index contributed by atoms with van der Waals surface area (Å²) in [5, 5.41) is 17.8. The predicted octanol–water partition coefficient (Wildman–Crippen LogP) is 2.80. The molecular formula is C16H13BrN2O4S. The van der Waals surface area contributed by atoms with E-state index in [1.54, 1.807) is 24.3 Å². The van der Waals surface area contributed by atoms with Gasteiger partial charge in [0.25, 0.3) is 10.0 Å². The second-order valence-corrected chi connectivity index (χ2v) is 7.64. The molecule has 6 nitrogen and oxygen atoms in total. The van der Waals surface area contributed by atoms with Crippen LogP contribution in [0.25, 0.3) is 0 Å². The van der Waals surface area contributed by atoms with Gasteiger partial charge in [-0.3, -0.25) is 9.10 Å². The number of benzene rings is 2.